The average molecular weight is 437 g/mol. The number of benzene rings is 2. The predicted molar refractivity (Wildman–Crippen MR) is 107 cm³/mol. The van der Waals surface area contributed by atoms with Crippen LogP contribution in [0.25, 0.3) is 0 Å². The third-order valence-electron chi connectivity index (χ3n) is 3.47. The molecule has 0 aliphatic carbocycles. The lowest BCUT2D eigenvalue weighted by molar-refractivity contribution is -0.119. The van der Waals surface area contributed by atoms with Gasteiger partial charge < -0.3 is 15.8 Å². The van der Waals surface area contributed by atoms with Gasteiger partial charge in [-0.3, -0.25) is 14.3 Å². The SMILES string of the molecule is CS(=O)(=O)Nc1cc(Cl)cc(C(=O)NCc2ccc(C#N)cc2OCC(N)=O)c1. The number of sulfonamides is 1. The van der Waals surface area contributed by atoms with E-state index >= 15 is 0 Å². The van der Waals surface area contributed by atoms with Gasteiger partial charge in [0.25, 0.3) is 11.8 Å². The van der Waals surface area contributed by atoms with E-state index in [1.54, 1.807) is 6.07 Å². The zero-order chi connectivity index (χ0) is 21.6. The molecule has 0 bridgehead atoms. The lowest BCUT2D eigenvalue weighted by Crippen LogP contribution is -2.24. The monoisotopic (exact) mass is 436 g/mol. The summed E-state index contributed by atoms with van der Waals surface area (Å²) in [5.74, 6) is -0.977. The normalized spacial score (nSPS) is 10.7. The van der Waals surface area contributed by atoms with E-state index in [1.165, 1.54) is 30.3 Å². The average Bonchev–Trinajstić information content (AvgIpc) is 2.62. The molecule has 2 amide bonds. The minimum Gasteiger partial charge on any atom is -0.483 e. The maximum atomic E-state index is 12.5. The molecule has 0 radical (unpaired) electrons. The summed E-state index contributed by atoms with van der Waals surface area (Å²) in [6.07, 6.45) is 0.978. The van der Waals surface area contributed by atoms with E-state index in [9.17, 15) is 18.0 Å². The van der Waals surface area contributed by atoms with Gasteiger partial charge in [-0.05, 0) is 30.3 Å². The summed E-state index contributed by atoms with van der Waals surface area (Å²) >= 11 is 5.96. The van der Waals surface area contributed by atoms with Crippen LogP contribution in [-0.4, -0.2) is 33.1 Å². The van der Waals surface area contributed by atoms with Crippen LogP contribution in [0.15, 0.2) is 36.4 Å². The van der Waals surface area contributed by atoms with Crippen molar-refractivity contribution in [1.82, 2.24) is 5.32 Å². The molecule has 0 saturated carbocycles. The number of hydrogen-bond acceptors (Lipinski definition) is 6. The smallest absolute Gasteiger partial charge is 0.255 e. The number of ether oxygens (including phenoxy) is 1. The molecule has 152 valence electrons. The van der Waals surface area contributed by atoms with E-state index in [0.29, 0.717) is 11.1 Å². The lowest BCUT2D eigenvalue weighted by atomic mass is 10.1. The first-order chi connectivity index (χ1) is 13.6. The Morgan fingerprint density at radius 1 is 1.24 bits per heavy atom. The fraction of sp³-hybridized carbons (Fsp3) is 0.167. The Morgan fingerprint density at radius 2 is 1.97 bits per heavy atom. The first-order valence-corrected chi connectivity index (χ1v) is 10.3. The number of rotatable bonds is 8. The lowest BCUT2D eigenvalue weighted by Gasteiger charge is -2.12. The molecule has 0 aliphatic heterocycles. The van der Waals surface area contributed by atoms with Crippen molar-refractivity contribution in [3.8, 4) is 11.8 Å². The summed E-state index contributed by atoms with van der Waals surface area (Å²) in [5, 5.41) is 11.8. The van der Waals surface area contributed by atoms with Gasteiger partial charge in [0.05, 0.1) is 23.6 Å². The highest BCUT2D eigenvalue weighted by Gasteiger charge is 2.13. The fourth-order valence-electron chi connectivity index (χ4n) is 2.32. The zero-order valence-corrected chi connectivity index (χ0v) is 16.8. The number of primary amides is 1. The van der Waals surface area contributed by atoms with E-state index in [4.69, 9.17) is 27.3 Å². The number of anilines is 1. The Kier molecular flexibility index (Phi) is 7.03. The molecule has 11 heteroatoms. The number of halogens is 1. The summed E-state index contributed by atoms with van der Waals surface area (Å²) in [4.78, 5) is 23.4. The topological polar surface area (TPSA) is 151 Å². The highest BCUT2D eigenvalue weighted by Crippen LogP contribution is 2.22. The summed E-state index contributed by atoms with van der Waals surface area (Å²) in [6, 6.07) is 10.6. The fourth-order valence-corrected chi connectivity index (χ4v) is 3.11. The van der Waals surface area contributed by atoms with Crippen LogP contribution in [0.4, 0.5) is 5.69 Å². The molecule has 0 heterocycles. The van der Waals surface area contributed by atoms with Crippen LogP contribution in [0.1, 0.15) is 21.5 Å². The van der Waals surface area contributed by atoms with Crippen molar-refractivity contribution in [1.29, 1.82) is 5.26 Å². The van der Waals surface area contributed by atoms with Crippen molar-refractivity contribution in [2.24, 2.45) is 5.73 Å². The molecule has 0 fully saturated rings. The molecule has 0 spiro atoms. The van der Waals surface area contributed by atoms with Gasteiger partial charge in [0.1, 0.15) is 5.75 Å². The standard InChI is InChI=1S/C18H17ClN4O5S/c1-29(26,27)23-15-6-13(5-14(19)7-15)18(25)22-9-12-3-2-11(8-20)4-16(12)28-10-17(21)24/h2-7,23H,9-10H2,1H3,(H2,21,24)(H,22,25). The molecule has 9 nitrogen and oxygen atoms in total. The molecule has 2 rings (SSSR count). The number of amides is 2. The van der Waals surface area contributed by atoms with Crippen LogP contribution in [0.3, 0.4) is 0 Å². The van der Waals surface area contributed by atoms with Crippen LogP contribution in [0, 0.1) is 11.3 Å². The Morgan fingerprint density at radius 3 is 2.59 bits per heavy atom. The van der Waals surface area contributed by atoms with Crippen LogP contribution in [0.5, 0.6) is 5.75 Å². The highest BCUT2D eigenvalue weighted by atomic mass is 35.5. The molecule has 0 unspecified atom stereocenters. The van der Waals surface area contributed by atoms with E-state index < -0.39 is 21.8 Å². The van der Waals surface area contributed by atoms with Crippen molar-refractivity contribution >= 4 is 39.1 Å². The van der Waals surface area contributed by atoms with Crippen LogP contribution < -0.4 is 20.5 Å². The van der Waals surface area contributed by atoms with Crippen LogP contribution >= 0.6 is 11.6 Å². The molecule has 29 heavy (non-hydrogen) atoms. The highest BCUT2D eigenvalue weighted by molar-refractivity contribution is 7.92. The molecule has 4 N–H and O–H groups in total. The van der Waals surface area contributed by atoms with Gasteiger partial charge in [-0.2, -0.15) is 5.26 Å². The summed E-state index contributed by atoms with van der Waals surface area (Å²) < 4.78 is 30.3. The van der Waals surface area contributed by atoms with E-state index in [1.807, 2.05) is 6.07 Å². The van der Waals surface area contributed by atoms with E-state index in [2.05, 4.69) is 10.0 Å². The summed E-state index contributed by atoms with van der Waals surface area (Å²) in [5.41, 5.74) is 6.17. The third-order valence-corrected chi connectivity index (χ3v) is 4.29. The van der Waals surface area contributed by atoms with Crippen molar-refractivity contribution in [3.63, 3.8) is 0 Å². The minimum atomic E-state index is -3.54. The quantitative estimate of drug-likeness (QED) is 0.568. The van der Waals surface area contributed by atoms with Gasteiger partial charge in [0.15, 0.2) is 6.61 Å². The first kappa shape index (κ1) is 22.0. The van der Waals surface area contributed by atoms with Crippen molar-refractivity contribution < 1.29 is 22.7 Å². The number of nitriles is 1. The predicted octanol–water partition coefficient (Wildman–Crippen LogP) is 1.38. The Bertz CT molecular complexity index is 1100. The molecule has 0 saturated heterocycles. The molecule has 0 aliphatic rings. The molecule has 0 atom stereocenters. The van der Waals surface area contributed by atoms with Gasteiger partial charge in [0, 0.05) is 22.7 Å². The zero-order valence-electron chi connectivity index (χ0n) is 15.2. The first-order valence-electron chi connectivity index (χ1n) is 8.08. The number of nitrogens with one attached hydrogen (secondary N) is 2. The van der Waals surface area contributed by atoms with E-state index in [0.717, 1.165) is 6.26 Å². The maximum absolute atomic E-state index is 12.5. The van der Waals surface area contributed by atoms with Gasteiger partial charge in [0.2, 0.25) is 10.0 Å². The molecular formula is C18H17ClN4O5S. The Balaban J connectivity index is 2.18. The van der Waals surface area contributed by atoms with Crippen molar-refractivity contribution in [2.45, 2.75) is 6.54 Å². The van der Waals surface area contributed by atoms with Crippen LogP contribution in [0.2, 0.25) is 5.02 Å². The summed E-state index contributed by atoms with van der Waals surface area (Å²) in [7, 11) is -3.54. The number of nitrogens with two attached hydrogens (primary N) is 1. The Labute approximate surface area is 172 Å². The summed E-state index contributed by atoms with van der Waals surface area (Å²) in [6.45, 7) is -0.370. The molecule has 2 aromatic rings. The number of carbonyl (C=O) groups is 2. The van der Waals surface area contributed by atoms with Gasteiger partial charge >= 0.3 is 0 Å². The van der Waals surface area contributed by atoms with Crippen molar-refractivity contribution in [3.05, 3.63) is 58.1 Å². The largest absolute Gasteiger partial charge is 0.483 e. The van der Waals surface area contributed by atoms with E-state index in [-0.39, 0.29) is 35.2 Å². The maximum Gasteiger partial charge on any atom is 0.255 e. The van der Waals surface area contributed by atoms with Crippen LogP contribution in [-0.2, 0) is 21.4 Å². The number of carbonyl (C=O) groups excluding carboxylic acids is 2. The number of nitrogens with zero attached hydrogens (tertiary/aromatic N) is 1. The Hall–Kier alpha value is -3.29. The second-order valence-electron chi connectivity index (χ2n) is 5.97. The van der Waals surface area contributed by atoms with Gasteiger partial charge in [-0.1, -0.05) is 17.7 Å². The van der Waals surface area contributed by atoms with Crippen molar-refractivity contribution in [2.75, 3.05) is 17.6 Å². The third kappa shape index (κ3) is 6.99. The van der Waals surface area contributed by atoms with Gasteiger partial charge in [-0.15, -0.1) is 0 Å². The second kappa shape index (κ2) is 9.27. The minimum absolute atomic E-state index is 0.0139. The number of hydrogen-bond donors (Lipinski definition) is 3. The molecule has 2 aromatic carbocycles. The molecule has 0 aromatic heterocycles. The van der Waals surface area contributed by atoms with Gasteiger partial charge in [-0.25, -0.2) is 8.42 Å². The second-order valence-corrected chi connectivity index (χ2v) is 8.16. The molecular weight excluding hydrogens is 420 g/mol.